The highest BCUT2D eigenvalue weighted by atomic mass is 35.5. The first-order chi connectivity index (χ1) is 18.8. The summed E-state index contributed by atoms with van der Waals surface area (Å²) in [5, 5.41) is 3.84. The number of rotatable bonds is 8. The zero-order valence-electron chi connectivity index (χ0n) is 22.3. The van der Waals surface area contributed by atoms with Gasteiger partial charge in [0.1, 0.15) is 0 Å². The smallest absolute Gasteiger partial charge is 0.243 e. The molecule has 2 amide bonds. The molecule has 1 N–H and O–H groups in total. The third-order valence-electron chi connectivity index (χ3n) is 8.59. The van der Waals surface area contributed by atoms with Gasteiger partial charge in [0.25, 0.3) is 0 Å². The predicted molar refractivity (Wildman–Crippen MR) is 151 cm³/mol. The van der Waals surface area contributed by atoms with Crippen LogP contribution < -0.4 is 5.32 Å². The molecule has 3 fully saturated rings. The molecule has 0 bridgehead atoms. The highest BCUT2D eigenvalue weighted by Gasteiger charge is 2.40. The van der Waals surface area contributed by atoms with Crippen LogP contribution in [-0.2, 0) is 26.2 Å². The van der Waals surface area contributed by atoms with E-state index in [2.05, 4.69) is 5.32 Å². The SMILES string of the molecule is O=C(N[C@@H]1CCCC[C@H]1N(Cc1ccc(Cl)cc1)S(=O)(=O)c1ccccc1)[C@H]1CCCN(C(=O)C2CCC2)C1. The van der Waals surface area contributed by atoms with Crippen molar-refractivity contribution in [1.82, 2.24) is 14.5 Å². The fourth-order valence-corrected chi connectivity index (χ4v) is 7.93. The number of nitrogens with zero attached hydrogens (tertiary/aromatic N) is 2. The summed E-state index contributed by atoms with van der Waals surface area (Å²) < 4.78 is 29.6. The molecule has 9 heteroatoms. The lowest BCUT2D eigenvalue weighted by molar-refractivity contribution is -0.141. The Balaban J connectivity index is 1.36. The Hall–Kier alpha value is -2.42. The molecule has 0 aromatic heterocycles. The molecule has 2 aliphatic carbocycles. The topological polar surface area (TPSA) is 86.8 Å². The molecule has 2 aromatic carbocycles. The molecule has 1 saturated heterocycles. The van der Waals surface area contributed by atoms with E-state index in [4.69, 9.17) is 11.6 Å². The molecule has 7 nitrogen and oxygen atoms in total. The summed E-state index contributed by atoms with van der Waals surface area (Å²) in [6, 6.07) is 15.1. The molecule has 3 atom stereocenters. The van der Waals surface area contributed by atoms with Crippen LogP contribution in [0.15, 0.2) is 59.5 Å². The first-order valence-electron chi connectivity index (χ1n) is 14.2. The summed E-state index contributed by atoms with van der Waals surface area (Å²) in [5.41, 5.74) is 0.840. The van der Waals surface area contributed by atoms with Crippen molar-refractivity contribution in [2.45, 2.75) is 81.3 Å². The second kappa shape index (κ2) is 12.4. The average molecular weight is 572 g/mol. The molecule has 5 rings (SSSR count). The van der Waals surface area contributed by atoms with Crippen LogP contribution in [0.1, 0.15) is 63.4 Å². The molecule has 1 aliphatic heterocycles. The zero-order chi connectivity index (χ0) is 27.4. The van der Waals surface area contributed by atoms with Gasteiger partial charge < -0.3 is 10.2 Å². The Morgan fingerprint density at radius 2 is 1.56 bits per heavy atom. The summed E-state index contributed by atoms with van der Waals surface area (Å²) >= 11 is 6.09. The first kappa shape index (κ1) is 28.1. The summed E-state index contributed by atoms with van der Waals surface area (Å²) in [5.74, 6) is -0.0149. The number of hydrogen-bond acceptors (Lipinski definition) is 4. The van der Waals surface area contributed by atoms with Crippen LogP contribution in [0.25, 0.3) is 0 Å². The Kier molecular flexibility index (Phi) is 8.94. The average Bonchev–Trinajstić information content (AvgIpc) is 2.92. The van der Waals surface area contributed by atoms with Crippen molar-refractivity contribution >= 4 is 33.4 Å². The molecule has 1 heterocycles. The molecule has 0 radical (unpaired) electrons. The molecule has 210 valence electrons. The maximum Gasteiger partial charge on any atom is 0.243 e. The standard InChI is InChI=1S/C30H38ClN3O4S/c31-25-17-15-22(16-18-25)20-34(39(37,38)26-11-2-1-3-12-26)28-14-5-4-13-27(28)32-29(35)24-10-7-19-33(21-24)30(36)23-8-6-9-23/h1-3,11-12,15-18,23-24,27-28H,4-10,13-14,19-21H2,(H,32,35)/t24-,27+,28+/m0/s1. The van der Waals surface area contributed by atoms with Gasteiger partial charge in [-0.25, -0.2) is 8.42 Å². The molecular weight excluding hydrogens is 534 g/mol. The number of likely N-dealkylation sites (tertiary alicyclic amines) is 1. The summed E-state index contributed by atoms with van der Waals surface area (Å²) in [6.07, 6.45) is 7.78. The Morgan fingerprint density at radius 3 is 2.26 bits per heavy atom. The lowest BCUT2D eigenvalue weighted by Gasteiger charge is -2.41. The van der Waals surface area contributed by atoms with Crippen molar-refractivity contribution in [3.63, 3.8) is 0 Å². The van der Waals surface area contributed by atoms with Crippen molar-refractivity contribution in [3.05, 3.63) is 65.2 Å². The van der Waals surface area contributed by atoms with Gasteiger partial charge in [0.2, 0.25) is 21.8 Å². The van der Waals surface area contributed by atoms with E-state index in [1.165, 1.54) is 0 Å². The highest BCUT2D eigenvalue weighted by Crippen LogP contribution is 2.32. The number of benzene rings is 2. The lowest BCUT2D eigenvalue weighted by atomic mass is 9.83. The van der Waals surface area contributed by atoms with Crippen LogP contribution in [0.4, 0.5) is 0 Å². The Labute approximate surface area is 236 Å². The van der Waals surface area contributed by atoms with Gasteiger partial charge in [-0.1, -0.05) is 61.2 Å². The van der Waals surface area contributed by atoms with Crippen molar-refractivity contribution in [2.75, 3.05) is 13.1 Å². The van der Waals surface area contributed by atoms with Crippen molar-refractivity contribution < 1.29 is 18.0 Å². The van der Waals surface area contributed by atoms with E-state index in [0.717, 1.165) is 63.5 Å². The Morgan fingerprint density at radius 1 is 0.872 bits per heavy atom. The molecule has 0 unspecified atom stereocenters. The Bertz CT molecular complexity index is 1250. The lowest BCUT2D eigenvalue weighted by Crippen LogP contribution is -2.56. The molecule has 3 aliphatic rings. The van der Waals surface area contributed by atoms with Crippen molar-refractivity contribution in [1.29, 1.82) is 0 Å². The number of halogens is 1. The van der Waals surface area contributed by atoms with Crippen molar-refractivity contribution in [2.24, 2.45) is 11.8 Å². The molecule has 2 saturated carbocycles. The number of amides is 2. The minimum absolute atomic E-state index is 0.0680. The minimum Gasteiger partial charge on any atom is -0.351 e. The molecular formula is C30H38ClN3O4S. The van der Waals surface area contributed by atoms with Gasteiger partial charge in [0.05, 0.1) is 10.8 Å². The summed E-state index contributed by atoms with van der Waals surface area (Å²) in [6.45, 7) is 1.36. The van der Waals surface area contributed by atoms with Gasteiger partial charge in [-0.05, 0) is 68.4 Å². The number of hydrogen-bond donors (Lipinski definition) is 1. The number of nitrogens with one attached hydrogen (secondary N) is 1. The number of carbonyl (C=O) groups excluding carboxylic acids is 2. The van der Waals surface area contributed by atoms with E-state index in [0.29, 0.717) is 18.0 Å². The maximum absolute atomic E-state index is 14.0. The summed E-state index contributed by atoms with van der Waals surface area (Å²) in [4.78, 5) is 28.5. The second-order valence-corrected chi connectivity index (χ2v) is 13.5. The van der Waals surface area contributed by atoms with Gasteiger partial charge in [-0.3, -0.25) is 9.59 Å². The van der Waals surface area contributed by atoms with E-state index in [-0.39, 0.29) is 47.2 Å². The van der Waals surface area contributed by atoms with E-state index >= 15 is 0 Å². The van der Waals surface area contributed by atoms with E-state index in [9.17, 15) is 18.0 Å². The van der Waals surface area contributed by atoms with Crippen LogP contribution in [-0.4, -0.2) is 54.6 Å². The fourth-order valence-electron chi connectivity index (χ4n) is 6.11. The van der Waals surface area contributed by atoms with Crippen LogP contribution in [0.2, 0.25) is 5.02 Å². The second-order valence-electron chi connectivity index (χ2n) is 11.2. The summed E-state index contributed by atoms with van der Waals surface area (Å²) in [7, 11) is -3.83. The zero-order valence-corrected chi connectivity index (χ0v) is 23.9. The monoisotopic (exact) mass is 571 g/mol. The van der Waals surface area contributed by atoms with Gasteiger partial charge in [-0.15, -0.1) is 0 Å². The maximum atomic E-state index is 14.0. The quantitative estimate of drug-likeness (QED) is 0.483. The highest BCUT2D eigenvalue weighted by molar-refractivity contribution is 7.89. The van der Waals surface area contributed by atoms with Gasteiger partial charge in [0, 0.05) is 42.7 Å². The molecule has 39 heavy (non-hydrogen) atoms. The number of piperidine rings is 1. The van der Waals surface area contributed by atoms with E-state index < -0.39 is 10.0 Å². The predicted octanol–water partition coefficient (Wildman–Crippen LogP) is 5.00. The van der Waals surface area contributed by atoms with Crippen LogP contribution in [0.5, 0.6) is 0 Å². The van der Waals surface area contributed by atoms with E-state index in [1.54, 1.807) is 46.8 Å². The van der Waals surface area contributed by atoms with Gasteiger partial charge in [0.15, 0.2) is 0 Å². The van der Waals surface area contributed by atoms with Crippen LogP contribution >= 0.6 is 11.6 Å². The van der Waals surface area contributed by atoms with Gasteiger partial charge >= 0.3 is 0 Å². The normalized spacial score (nSPS) is 24.3. The van der Waals surface area contributed by atoms with Crippen molar-refractivity contribution in [3.8, 4) is 0 Å². The van der Waals surface area contributed by atoms with Crippen LogP contribution in [0, 0.1) is 11.8 Å². The minimum atomic E-state index is -3.83. The molecule has 2 aromatic rings. The number of sulfonamides is 1. The first-order valence-corrected chi connectivity index (χ1v) is 16.1. The fraction of sp³-hybridized carbons (Fsp3) is 0.533. The number of carbonyl (C=O) groups is 2. The van der Waals surface area contributed by atoms with E-state index in [1.807, 2.05) is 17.0 Å². The third-order valence-corrected chi connectivity index (χ3v) is 10.7. The van der Waals surface area contributed by atoms with Gasteiger partial charge in [-0.2, -0.15) is 4.31 Å². The largest absolute Gasteiger partial charge is 0.351 e. The third kappa shape index (κ3) is 6.50. The molecule has 0 spiro atoms. The van der Waals surface area contributed by atoms with Crippen LogP contribution in [0.3, 0.4) is 0 Å².